The van der Waals surface area contributed by atoms with Crippen LogP contribution in [0.4, 0.5) is 10.5 Å². The average molecular weight is 315 g/mol. The lowest BCUT2D eigenvalue weighted by Gasteiger charge is -2.28. The van der Waals surface area contributed by atoms with E-state index in [0.717, 1.165) is 36.9 Å². The van der Waals surface area contributed by atoms with Gasteiger partial charge in [-0.2, -0.15) is 4.98 Å². The molecule has 7 nitrogen and oxygen atoms in total. The van der Waals surface area contributed by atoms with Crippen molar-refractivity contribution in [1.82, 2.24) is 20.0 Å². The van der Waals surface area contributed by atoms with Crippen molar-refractivity contribution < 1.29 is 9.32 Å². The summed E-state index contributed by atoms with van der Waals surface area (Å²) in [5.41, 5.74) is 1.71. The van der Waals surface area contributed by atoms with Gasteiger partial charge in [-0.1, -0.05) is 18.0 Å². The fourth-order valence-corrected chi connectivity index (χ4v) is 2.85. The molecule has 0 aromatic carbocycles. The minimum absolute atomic E-state index is 0.143. The average Bonchev–Trinajstić information content (AvgIpc) is 2.82. The molecule has 1 aliphatic rings. The fourth-order valence-electron chi connectivity index (χ4n) is 2.85. The van der Waals surface area contributed by atoms with Crippen molar-refractivity contribution in [2.75, 3.05) is 11.9 Å². The van der Waals surface area contributed by atoms with E-state index in [1.54, 1.807) is 19.3 Å². The fraction of sp³-hybridized carbons (Fsp3) is 0.500. The molecule has 1 atom stereocenters. The molecule has 0 radical (unpaired) electrons. The van der Waals surface area contributed by atoms with Gasteiger partial charge in [-0.3, -0.25) is 4.98 Å². The van der Waals surface area contributed by atoms with Gasteiger partial charge in [0.25, 0.3) is 0 Å². The first-order valence-electron chi connectivity index (χ1n) is 7.93. The largest absolute Gasteiger partial charge is 0.340 e. The van der Waals surface area contributed by atoms with Gasteiger partial charge in [-0.15, -0.1) is 0 Å². The van der Waals surface area contributed by atoms with Gasteiger partial charge in [-0.05, 0) is 31.4 Å². The number of amides is 2. The third-order valence-corrected chi connectivity index (χ3v) is 4.14. The van der Waals surface area contributed by atoms with Crippen LogP contribution in [0.2, 0.25) is 0 Å². The predicted octanol–water partition coefficient (Wildman–Crippen LogP) is 3.23. The summed E-state index contributed by atoms with van der Waals surface area (Å²) in [4.78, 5) is 23.0. The van der Waals surface area contributed by atoms with E-state index in [0.29, 0.717) is 18.3 Å². The second-order valence-electron chi connectivity index (χ2n) is 5.85. The number of carbonyl (C=O) groups excluding carboxylic acids is 1. The van der Waals surface area contributed by atoms with Crippen LogP contribution in [0.1, 0.15) is 49.0 Å². The second kappa shape index (κ2) is 6.76. The zero-order chi connectivity index (χ0) is 16.2. The summed E-state index contributed by atoms with van der Waals surface area (Å²) in [5, 5.41) is 6.97. The van der Waals surface area contributed by atoms with Crippen LogP contribution < -0.4 is 5.32 Å². The zero-order valence-corrected chi connectivity index (χ0v) is 13.5. The summed E-state index contributed by atoms with van der Waals surface area (Å²) >= 11 is 0. The number of aromatic nitrogens is 3. The molecule has 1 aliphatic heterocycles. The van der Waals surface area contributed by atoms with Crippen molar-refractivity contribution in [1.29, 1.82) is 0 Å². The van der Waals surface area contributed by atoms with Crippen LogP contribution in [0.25, 0.3) is 0 Å². The molecule has 0 aliphatic carbocycles. The Hall–Kier alpha value is -2.44. The van der Waals surface area contributed by atoms with Crippen LogP contribution >= 0.6 is 0 Å². The smallest absolute Gasteiger partial charge is 0.322 e. The van der Waals surface area contributed by atoms with Crippen LogP contribution in [-0.4, -0.2) is 32.6 Å². The van der Waals surface area contributed by atoms with E-state index < -0.39 is 0 Å². The molecule has 2 aromatic heterocycles. The first-order chi connectivity index (χ1) is 11.1. The molecule has 2 amide bonds. The Balaban J connectivity index is 1.81. The molecule has 122 valence electrons. The Morgan fingerprint density at radius 3 is 2.96 bits per heavy atom. The third-order valence-electron chi connectivity index (χ3n) is 4.14. The van der Waals surface area contributed by atoms with Crippen molar-refractivity contribution in [3.63, 3.8) is 0 Å². The molecule has 3 heterocycles. The number of pyridine rings is 1. The first kappa shape index (κ1) is 15.5. The van der Waals surface area contributed by atoms with Crippen LogP contribution in [-0.2, 0) is 0 Å². The zero-order valence-electron chi connectivity index (χ0n) is 13.5. The Morgan fingerprint density at radius 2 is 2.22 bits per heavy atom. The van der Waals surface area contributed by atoms with Crippen molar-refractivity contribution in [2.45, 2.75) is 45.6 Å². The maximum atomic E-state index is 12.8. The highest BCUT2D eigenvalue weighted by Gasteiger charge is 2.30. The molecule has 0 unspecified atom stereocenters. The highest BCUT2D eigenvalue weighted by atomic mass is 16.5. The van der Waals surface area contributed by atoms with Gasteiger partial charge in [0.2, 0.25) is 5.89 Å². The van der Waals surface area contributed by atoms with E-state index >= 15 is 0 Å². The number of nitrogens with zero attached hydrogens (tertiary/aromatic N) is 4. The summed E-state index contributed by atoms with van der Waals surface area (Å²) in [6, 6.07) is 1.58. The van der Waals surface area contributed by atoms with Crippen LogP contribution in [0.3, 0.4) is 0 Å². The van der Waals surface area contributed by atoms with Gasteiger partial charge in [0.05, 0.1) is 17.9 Å². The number of likely N-dealkylation sites (tertiary alicyclic amines) is 1. The standard InChI is InChI=1S/C16H21N5O2/c1-11-7-8-17-10-13(11)19-16(22)21-9-5-3-4-6-14(21)15-18-12(2)23-20-15/h7-8,10,14H,3-6,9H2,1-2H3,(H,19,22)/t14-/m1/s1. The van der Waals surface area contributed by atoms with Crippen LogP contribution in [0.15, 0.2) is 23.0 Å². The maximum absolute atomic E-state index is 12.8. The molecule has 1 N–H and O–H groups in total. The second-order valence-corrected chi connectivity index (χ2v) is 5.85. The lowest BCUT2D eigenvalue weighted by atomic mass is 10.1. The van der Waals surface area contributed by atoms with Gasteiger partial charge in [-0.25, -0.2) is 4.79 Å². The summed E-state index contributed by atoms with van der Waals surface area (Å²) in [5.74, 6) is 1.11. The number of hydrogen-bond donors (Lipinski definition) is 1. The molecule has 0 saturated carbocycles. The van der Waals surface area contributed by atoms with Gasteiger partial charge in [0.15, 0.2) is 5.82 Å². The Bertz CT molecular complexity index is 685. The third kappa shape index (κ3) is 3.49. The number of urea groups is 1. The summed E-state index contributed by atoms with van der Waals surface area (Å²) in [6.45, 7) is 4.39. The molecule has 1 fully saturated rings. The number of nitrogens with one attached hydrogen (secondary N) is 1. The normalized spacial score (nSPS) is 18.5. The number of carbonyl (C=O) groups is 1. The van der Waals surface area contributed by atoms with Crippen LogP contribution in [0.5, 0.6) is 0 Å². The topological polar surface area (TPSA) is 84.2 Å². The Morgan fingerprint density at radius 1 is 1.35 bits per heavy atom. The summed E-state index contributed by atoms with van der Waals surface area (Å²) in [6.07, 6.45) is 7.35. The molecule has 0 spiro atoms. The number of hydrogen-bond acceptors (Lipinski definition) is 5. The van der Waals surface area contributed by atoms with Gasteiger partial charge < -0.3 is 14.7 Å². The monoisotopic (exact) mass is 315 g/mol. The molecule has 2 aromatic rings. The first-order valence-corrected chi connectivity index (χ1v) is 7.93. The van der Waals surface area contributed by atoms with Crippen molar-refractivity contribution in [3.8, 4) is 0 Å². The Labute approximate surface area is 135 Å². The van der Waals surface area contributed by atoms with E-state index in [-0.39, 0.29) is 12.1 Å². The molecule has 7 heteroatoms. The lowest BCUT2D eigenvalue weighted by molar-refractivity contribution is 0.184. The number of rotatable bonds is 2. The molecule has 1 saturated heterocycles. The van der Waals surface area contributed by atoms with Crippen LogP contribution in [0, 0.1) is 13.8 Å². The van der Waals surface area contributed by atoms with Gasteiger partial charge in [0.1, 0.15) is 0 Å². The van der Waals surface area contributed by atoms with Gasteiger partial charge >= 0.3 is 6.03 Å². The molecule has 23 heavy (non-hydrogen) atoms. The lowest BCUT2D eigenvalue weighted by Crippen LogP contribution is -2.38. The maximum Gasteiger partial charge on any atom is 0.322 e. The summed E-state index contributed by atoms with van der Waals surface area (Å²) < 4.78 is 5.09. The Kier molecular flexibility index (Phi) is 4.55. The van der Waals surface area contributed by atoms with Crippen molar-refractivity contribution in [3.05, 3.63) is 35.7 Å². The van der Waals surface area contributed by atoms with E-state index in [1.807, 2.05) is 17.9 Å². The van der Waals surface area contributed by atoms with Gasteiger partial charge in [0, 0.05) is 19.7 Å². The number of anilines is 1. The number of aryl methyl sites for hydroxylation is 2. The van der Waals surface area contributed by atoms with E-state index in [9.17, 15) is 4.79 Å². The summed E-state index contributed by atoms with van der Waals surface area (Å²) in [7, 11) is 0. The highest BCUT2D eigenvalue weighted by Crippen LogP contribution is 2.29. The van der Waals surface area contributed by atoms with E-state index in [1.165, 1.54) is 0 Å². The van der Waals surface area contributed by atoms with E-state index in [4.69, 9.17) is 4.52 Å². The predicted molar refractivity (Wildman–Crippen MR) is 84.9 cm³/mol. The SMILES string of the molecule is Cc1nc([C@H]2CCCCCN2C(=O)Nc2cnccc2C)no1. The molecule has 0 bridgehead atoms. The van der Waals surface area contributed by atoms with Crippen molar-refractivity contribution in [2.24, 2.45) is 0 Å². The highest BCUT2D eigenvalue weighted by molar-refractivity contribution is 5.90. The minimum Gasteiger partial charge on any atom is -0.340 e. The van der Waals surface area contributed by atoms with Crippen molar-refractivity contribution >= 4 is 11.7 Å². The van der Waals surface area contributed by atoms with E-state index in [2.05, 4.69) is 20.4 Å². The minimum atomic E-state index is -0.146. The molecule has 3 rings (SSSR count). The quantitative estimate of drug-likeness (QED) is 0.919. The molecular weight excluding hydrogens is 294 g/mol. The molecular formula is C16H21N5O2.